The van der Waals surface area contributed by atoms with Crippen molar-refractivity contribution in [1.82, 2.24) is 0 Å². The number of nitrogens with one attached hydrogen (secondary N) is 1. The topological polar surface area (TPSA) is 58.6 Å². The largest absolute Gasteiger partial charge is 0.478 e. The number of benzene rings is 1. The van der Waals surface area contributed by atoms with Crippen molar-refractivity contribution in [1.29, 1.82) is 0 Å². The maximum Gasteiger partial charge on any atom is 0.339 e. The maximum absolute atomic E-state index is 11.1. The van der Waals surface area contributed by atoms with E-state index in [0.717, 1.165) is 12.5 Å². The highest BCUT2D eigenvalue weighted by molar-refractivity contribution is 6.34. The van der Waals surface area contributed by atoms with E-state index in [-0.39, 0.29) is 10.6 Å². The van der Waals surface area contributed by atoms with Crippen molar-refractivity contribution in [3.05, 3.63) is 28.8 Å². The van der Waals surface area contributed by atoms with Crippen LogP contribution in [0.3, 0.4) is 0 Å². The number of rotatable bonds is 7. The summed E-state index contributed by atoms with van der Waals surface area (Å²) in [6.45, 7) is 1.96. The molecule has 5 heteroatoms. The summed E-state index contributed by atoms with van der Waals surface area (Å²) in [5.41, 5.74) is 0.645. The fraction of sp³-hybridized carbons (Fsp3) is 0.462. The first-order valence-electron chi connectivity index (χ1n) is 6.02. The van der Waals surface area contributed by atoms with Gasteiger partial charge in [0.15, 0.2) is 0 Å². The van der Waals surface area contributed by atoms with Gasteiger partial charge in [-0.15, -0.1) is 0 Å². The lowest BCUT2D eigenvalue weighted by Gasteiger charge is -2.10. The molecule has 0 unspecified atom stereocenters. The van der Waals surface area contributed by atoms with E-state index >= 15 is 0 Å². The van der Waals surface area contributed by atoms with Crippen LogP contribution in [0.25, 0.3) is 0 Å². The molecule has 0 spiro atoms. The van der Waals surface area contributed by atoms with Gasteiger partial charge in [-0.25, -0.2) is 4.79 Å². The molecule has 1 fully saturated rings. The number of carboxylic acid groups (broad SMARTS) is 1. The standard InChI is InChI=1S/C13H16ClNO3/c14-10-2-1-3-11(12(10)13(16)17)15-6-7-18-8-9-4-5-9/h1-3,9,15H,4-8H2,(H,16,17). The van der Waals surface area contributed by atoms with Gasteiger partial charge in [-0.05, 0) is 30.9 Å². The van der Waals surface area contributed by atoms with Crippen LogP contribution >= 0.6 is 11.6 Å². The van der Waals surface area contributed by atoms with Gasteiger partial charge >= 0.3 is 5.97 Å². The summed E-state index contributed by atoms with van der Waals surface area (Å²) in [5, 5.41) is 12.4. The molecule has 0 bridgehead atoms. The van der Waals surface area contributed by atoms with Gasteiger partial charge in [0.1, 0.15) is 5.56 Å². The minimum Gasteiger partial charge on any atom is -0.478 e. The minimum absolute atomic E-state index is 0.112. The Hall–Kier alpha value is -1.26. The third-order valence-corrected chi connectivity index (χ3v) is 3.15. The van der Waals surface area contributed by atoms with Gasteiger partial charge in [-0.1, -0.05) is 17.7 Å². The number of hydrogen-bond donors (Lipinski definition) is 2. The highest BCUT2D eigenvalue weighted by atomic mass is 35.5. The number of anilines is 1. The van der Waals surface area contributed by atoms with Crippen LogP contribution < -0.4 is 5.32 Å². The molecule has 0 radical (unpaired) electrons. The normalized spacial score (nSPS) is 14.5. The smallest absolute Gasteiger partial charge is 0.339 e. The molecule has 0 amide bonds. The van der Waals surface area contributed by atoms with Crippen molar-refractivity contribution in [2.75, 3.05) is 25.1 Å². The monoisotopic (exact) mass is 269 g/mol. The average Bonchev–Trinajstić information content (AvgIpc) is 3.12. The van der Waals surface area contributed by atoms with E-state index in [2.05, 4.69) is 5.32 Å². The molecule has 0 saturated heterocycles. The molecule has 18 heavy (non-hydrogen) atoms. The van der Waals surface area contributed by atoms with E-state index in [1.807, 2.05) is 0 Å². The maximum atomic E-state index is 11.1. The summed E-state index contributed by atoms with van der Waals surface area (Å²) >= 11 is 5.86. The molecule has 4 nitrogen and oxygen atoms in total. The van der Waals surface area contributed by atoms with Gasteiger partial charge in [-0.3, -0.25) is 0 Å². The van der Waals surface area contributed by atoms with Crippen molar-refractivity contribution in [3.8, 4) is 0 Å². The molecule has 2 N–H and O–H groups in total. The van der Waals surface area contributed by atoms with Gasteiger partial charge in [0.05, 0.1) is 17.3 Å². The molecule has 0 aromatic heterocycles. The number of ether oxygens (including phenoxy) is 1. The zero-order valence-electron chi connectivity index (χ0n) is 9.99. The molecule has 0 heterocycles. The van der Waals surface area contributed by atoms with Crippen molar-refractivity contribution in [3.63, 3.8) is 0 Å². The van der Waals surface area contributed by atoms with E-state index < -0.39 is 5.97 Å². The van der Waals surface area contributed by atoms with Crippen LogP contribution in [0.1, 0.15) is 23.2 Å². The predicted molar refractivity (Wildman–Crippen MR) is 70.4 cm³/mol. The second kappa shape index (κ2) is 6.07. The summed E-state index contributed by atoms with van der Waals surface area (Å²) < 4.78 is 5.47. The van der Waals surface area contributed by atoms with E-state index in [4.69, 9.17) is 21.4 Å². The lowest BCUT2D eigenvalue weighted by atomic mass is 10.2. The van der Waals surface area contributed by atoms with Gasteiger partial charge in [-0.2, -0.15) is 0 Å². The molecule has 0 atom stereocenters. The summed E-state index contributed by atoms with van der Waals surface area (Å²) in [6.07, 6.45) is 2.54. The van der Waals surface area contributed by atoms with Crippen molar-refractivity contribution in [2.45, 2.75) is 12.8 Å². The zero-order valence-corrected chi connectivity index (χ0v) is 10.7. The zero-order chi connectivity index (χ0) is 13.0. The van der Waals surface area contributed by atoms with E-state index in [9.17, 15) is 4.79 Å². The highest BCUT2D eigenvalue weighted by Crippen LogP contribution is 2.28. The molecule has 1 aliphatic carbocycles. The molecule has 1 aromatic carbocycles. The van der Waals surface area contributed by atoms with Gasteiger partial charge in [0.2, 0.25) is 0 Å². The summed E-state index contributed by atoms with van der Waals surface area (Å²) in [5.74, 6) is -0.284. The van der Waals surface area contributed by atoms with Crippen molar-refractivity contribution < 1.29 is 14.6 Å². The van der Waals surface area contributed by atoms with E-state index in [0.29, 0.717) is 18.8 Å². The Bertz CT molecular complexity index is 432. The SMILES string of the molecule is O=C(O)c1c(Cl)cccc1NCCOCC1CC1. The van der Waals surface area contributed by atoms with Crippen LogP contribution in [0, 0.1) is 5.92 Å². The average molecular weight is 270 g/mol. The fourth-order valence-electron chi connectivity index (χ4n) is 1.68. The molecule has 98 valence electrons. The molecular formula is C13H16ClNO3. The van der Waals surface area contributed by atoms with E-state index in [1.54, 1.807) is 18.2 Å². The van der Waals surface area contributed by atoms with Crippen molar-refractivity contribution >= 4 is 23.3 Å². The number of hydrogen-bond acceptors (Lipinski definition) is 3. The Morgan fingerprint density at radius 1 is 1.50 bits per heavy atom. The number of carbonyl (C=O) groups is 1. The van der Waals surface area contributed by atoms with Gasteiger partial charge in [0.25, 0.3) is 0 Å². The Balaban J connectivity index is 1.83. The van der Waals surface area contributed by atoms with Crippen LogP contribution in [0.4, 0.5) is 5.69 Å². The van der Waals surface area contributed by atoms with Crippen LogP contribution in [-0.4, -0.2) is 30.8 Å². The van der Waals surface area contributed by atoms with Gasteiger partial charge in [0, 0.05) is 13.2 Å². The Labute approximate surface area is 111 Å². The first-order valence-corrected chi connectivity index (χ1v) is 6.39. The first kappa shape index (κ1) is 13.2. The molecular weight excluding hydrogens is 254 g/mol. The summed E-state index contributed by atoms with van der Waals surface area (Å²) in [7, 11) is 0. The molecule has 0 aliphatic heterocycles. The number of aromatic carboxylic acids is 1. The minimum atomic E-state index is -1.03. The van der Waals surface area contributed by atoms with Crippen molar-refractivity contribution in [2.24, 2.45) is 5.92 Å². The van der Waals surface area contributed by atoms with Crippen LogP contribution in [0.5, 0.6) is 0 Å². The third kappa shape index (κ3) is 3.62. The lowest BCUT2D eigenvalue weighted by molar-refractivity contribution is 0.0698. The second-order valence-corrected chi connectivity index (χ2v) is 4.82. The predicted octanol–water partition coefficient (Wildman–Crippen LogP) is 2.88. The molecule has 1 aromatic rings. The highest BCUT2D eigenvalue weighted by Gasteiger charge is 2.21. The lowest BCUT2D eigenvalue weighted by Crippen LogP contribution is -2.13. The van der Waals surface area contributed by atoms with Crippen LogP contribution in [0.15, 0.2) is 18.2 Å². The van der Waals surface area contributed by atoms with Gasteiger partial charge < -0.3 is 15.2 Å². The Morgan fingerprint density at radius 2 is 2.28 bits per heavy atom. The third-order valence-electron chi connectivity index (χ3n) is 2.84. The Kier molecular flexibility index (Phi) is 4.44. The molecule has 1 saturated carbocycles. The second-order valence-electron chi connectivity index (χ2n) is 4.41. The number of halogens is 1. The van der Waals surface area contributed by atoms with Crippen LogP contribution in [0.2, 0.25) is 5.02 Å². The van der Waals surface area contributed by atoms with E-state index in [1.165, 1.54) is 12.8 Å². The summed E-state index contributed by atoms with van der Waals surface area (Å²) in [4.78, 5) is 11.1. The molecule has 2 rings (SSSR count). The Morgan fingerprint density at radius 3 is 2.94 bits per heavy atom. The van der Waals surface area contributed by atoms with Crippen LogP contribution in [-0.2, 0) is 4.74 Å². The quantitative estimate of drug-likeness (QED) is 0.748. The summed E-state index contributed by atoms with van der Waals surface area (Å²) in [6, 6.07) is 5.00. The fourth-order valence-corrected chi connectivity index (χ4v) is 1.94. The first-order chi connectivity index (χ1) is 8.68. The molecule has 1 aliphatic rings. The number of carboxylic acids is 1.